The Bertz CT molecular complexity index is 601. The summed E-state index contributed by atoms with van der Waals surface area (Å²) in [4.78, 5) is 11.6. The van der Waals surface area contributed by atoms with Crippen LogP contribution in [0.1, 0.15) is 41.5 Å². The highest BCUT2D eigenvalue weighted by Gasteiger charge is 2.28. The maximum absolute atomic E-state index is 12.4. The van der Waals surface area contributed by atoms with Crippen molar-refractivity contribution >= 4 is 32.4 Å². The molecule has 22 heavy (non-hydrogen) atoms. The first-order chi connectivity index (χ1) is 10.0. The molecule has 0 aliphatic rings. The fourth-order valence-corrected chi connectivity index (χ4v) is 4.34. The van der Waals surface area contributed by atoms with Gasteiger partial charge in [0.1, 0.15) is 0 Å². The Morgan fingerprint density at radius 3 is 2.05 bits per heavy atom. The van der Waals surface area contributed by atoms with Crippen molar-refractivity contribution in [3.05, 3.63) is 0 Å². The van der Waals surface area contributed by atoms with E-state index >= 15 is 0 Å². The van der Waals surface area contributed by atoms with Crippen molar-refractivity contribution in [2.45, 2.75) is 51.9 Å². The lowest BCUT2D eigenvalue weighted by Gasteiger charge is -2.25. The van der Waals surface area contributed by atoms with Crippen LogP contribution in [0, 0.1) is 17.8 Å². The van der Waals surface area contributed by atoms with Crippen LogP contribution >= 0.6 is 11.3 Å². The molecule has 1 amide bonds. The van der Waals surface area contributed by atoms with Gasteiger partial charge in [-0.15, -0.1) is 10.2 Å². The summed E-state index contributed by atoms with van der Waals surface area (Å²) in [6.07, 6.45) is 0. The number of hydrogen-bond donors (Lipinski definition) is 2. The second-order valence-corrected chi connectivity index (χ2v) is 9.02. The van der Waals surface area contributed by atoms with Gasteiger partial charge in [-0.05, 0) is 11.8 Å². The Kier molecular flexibility index (Phi) is 6.45. The van der Waals surface area contributed by atoms with Gasteiger partial charge in [-0.2, -0.15) is 0 Å². The Labute approximate surface area is 136 Å². The molecule has 0 unspecified atom stereocenters. The van der Waals surface area contributed by atoms with Gasteiger partial charge >= 0.3 is 0 Å². The van der Waals surface area contributed by atoms with Gasteiger partial charge in [0.15, 0.2) is 0 Å². The van der Waals surface area contributed by atoms with Crippen LogP contribution in [0.3, 0.4) is 0 Å². The molecule has 0 aliphatic carbocycles. The zero-order chi connectivity index (χ0) is 17.1. The Morgan fingerprint density at radius 2 is 1.59 bits per heavy atom. The van der Waals surface area contributed by atoms with Gasteiger partial charge in [0.25, 0.3) is 10.0 Å². The SMILES string of the molecule is CC(C)C(=O)Nc1nnc(S(=O)(=O)NC(C(C)C)C(C)C)s1. The summed E-state index contributed by atoms with van der Waals surface area (Å²) in [6.45, 7) is 11.3. The van der Waals surface area contributed by atoms with Crippen LogP contribution in [-0.4, -0.2) is 30.6 Å². The molecule has 0 aliphatic heterocycles. The molecule has 2 N–H and O–H groups in total. The van der Waals surface area contributed by atoms with Crippen molar-refractivity contribution in [2.75, 3.05) is 5.32 Å². The summed E-state index contributed by atoms with van der Waals surface area (Å²) in [5.74, 6) is -0.130. The van der Waals surface area contributed by atoms with Crippen LogP contribution in [-0.2, 0) is 14.8 Å². The standard InChI is InChI=1S/C13H24N4O3S2/c1-7(2)10(8(3)4)17-22(19,20)13-16-15-12(21-13)14-11(18)9(5)6/h7-10,17H,1-6H3,(H,14,15,18). The van der Waals surface area contributed by atoms with Gasteiger partial charge in [0.05, 0.1) is 0 Å². The molecule has 1 aromatic rings. The monoisotopic (exact) mass is 348 g/mol. The average molecular weight is 348 g/mol. The van der Waals surface area contributed by atoms with Gasteiger partial charge in [-0.3, -0.25) is 4.79 Å². The first-order valence-electron chi connectivity index (χ1n) is 7.21. The van der Waals surface area contributed by atoms with Gasteiger partial charge in [-0.25, -0.2) is 13.1 Å². The predicted octanol–water partition coefficient (Wildman–Crippen LogP) is 2.09. The van der Waals surface area contributed by atoms with Crippen LogP contribution in [0.4, 0.5) is 5.13 Å². The molecule has 0 spiro atoms. The summed E-state index contributed by atoms with van der Waals surface area (Å²) in [5, 5.41) is 10.1. The Morgan fingerprint density at radius 1 is 1.05 bits per heavy atom. The molecule has 0 saturated carbocycles. The summed E-state index contributed by atoms with van der Waals surface area (Å²) < 4.78 is 27.3. The van der Waals surface area contributed by atoms with Crippen LogP contribution in [0.2, 0.25) is 0 Å². The highest BCUT2D eigenvalue weighted by molar-refractivity contribution is 7.91. The van der Waals surface area contributed by atoms with E-state index in [-0.39, 0.29) is 39.2 Å². The number of nitrogens with zero attached hydrogens (tertiary/aromatic N) is 2. The first kappa shape index (κ1) is 19.0. The Hall–Kier alpha value is -1.06. The van der Waals surface area contributed by atoms with E-state index in [4.69, 9.17) is 0 Å². The number of amides is 1. The molecule has 0 bridgehead atoms. The lowest BCUT2D eigenvalue weighted by atomic mass is 9.94. The lowest BCUT2D eigenvalue weighted by Crippen LogP contribution is -2.42. The minimum absolute atomic E-state index is 0.141. The van der Waals surface area contributed by atoms with Crippen LogP contribution in [0.5, 0.6) is 0 Å². The van der Waals surface area contributed by atoms with E-state index in [1.54, 1.807) is 13.8 Å². The molecular weight excluding hydrogens is 324 g/mol. The zero-order valence-corrected chi connectivity index (χ0v) is 15.4. The third kappa shape index (κ3) is 4.99. The third-order valence-electron chi connectivity index (χ3n) is 3.12. The van der Waals surface area contributed by atoms with E-state index in [1.165, 1.54) is 0 Å². The quantitative estimate of drug-likeness (QED) is 0.735. The number of aromatic nitrogens is 2. The predicted molar refractivity (Wildman–Crippen MR) is 87.2 cm³/mol. The highest BCUT2D eigenvalue weighted by atomic mass is 32.2. The van der Waals surface area contributed by atoms with Crippen molar-refractivity contribution in [1.29, 1.82) is 0 Å². The molecule has 7 nitrogen and oxygen atoms in total. The van der Waals surface area contributed by atoms with E-state index in [9.17, 15) is 13.2 Å². The van der Waals surface area contributed by atoms with Crippen molar-refractivity contribution < 1.29 is 13.2 Å². The molecule has 1 rings (SSSR count). The van der Waals surface area contributed by atoms with Gasteiger partial charge < -0.3 is 5.32 Å². The van der Waals surface area contributed by atoms with Crippen LogP contribution in [0.25, 0.3) is 0 Å². The number of rotatable bonds is 7. The van der Waals surface area contributed by atoms with Crippen LogP contribution < -0.4 is 10.0 Å². The summed E-state index contributed by atoms with van der Waals surface area (Å²) in [6, 6.07) is -0.192. The second-order valence-electron chi connectivity index (χ2n) is 6.15. The number of hydrogen-bond acceptors (Lipinski definition) is 6. The summed E-state index contributed by atoms with van der Waals surface area (Å²) in [7, 11) is -3.74. The van der Waals surface area contributed by atoms with E-state index in [2.05, 4.69) is 20.2 Å². The zero-order valence-electron chi connectivity index (χ0n) is 13.7. The molecule has 1 heterocycles. The second kappa shape index (κ2) is 7.47. The fraction of sp³-hybridized carbons (Fsp3) is 0.769. The minimum Gasteiger partial charge on any atom is -0.300 e. The number of anilines is 1. The normalized spacial score (nSPS) is 12.6. The highest BCUT2D eigenvalue weighted by Crippen LogP contribution is 2.22. The van der Waals surface area contributed by atoms with Crippen molar-refractivity contribution in [1.82, 2.24) is 14.9 Å². The molecule has 0 radical (unpaired) electrons. The molecule has 1 aromatic heterocycles. The van der Waals surface area contributed by atoms with Crippen molar-refractivity contribution in [3.8, 4) is 0 Å². The lowest BCUT2D eigenvalue weighted by molar-refractivity contribution is -0.118. The molecule has 0 saturated heterocycles. The number of nitrogens with one attached hydrogen (secondary N) is 2. The maximum atomic E-state index is 12.4. The molecule has 0 aromatic carbocycles. The maximum Gasteiger partial charge on any atom is 0.270 e. The van der Waals surface area contributed by atoms with E-state index < -0.39 is 10.0 Å². The summed E-state index contributed by atoms with van der Waals surface area (Å²) in [5.41, 5.74) is 0. The minimum atomic E-state index is -3.74. The third-order valence-corrected chi connectivity index (χ3v) is 5.78. The topological polar surface area (TPSA) is 101 Å². The largest absolute Gasteiger partial charge is 0.300 e. The molecular formula is C13H24N4O3S2. The number of sulfonamides is 1. The smallest absolute Gasteiger partial charge is 0.270 e. The number of carbonyl (C=O) groups is 1. The molecule has 0 atom stereocenters. The van der Waals surface area contributed by atoms with Gasteiger partial charge in [0, 0.05) is 12.0 Å². The first-order valence-corrected chi connectivity index (χ1v) is 9.51. The molecule has 9 heteroatoms. The van der Waals surface area contributed by atoms with E-state index in [1.807, 2.05) is 27.7 Å². The average Bonchev–Trinajstić information content (AvgIpc) is 2.84. The summed E-state index contributed by atoms with van der Waals surface area (Å²) >= 11 is 0.846. The Balaban J connectivity index is 2.90. The van der Waals surface area contributed by atoms with Crippen molar-refractivity contribution in [3.63, 3.8) is 0 Å². The van der Waals surface area contributed by atoms with Crippen molar-refractivity contribution in [2.24, 2.45) is 17.8 Å². The molecule has 126 valence electrons. The fourth-order valence-electron chi connectivity index (χ4n) is 1.89. The van der Waals surface area contributed by atoms with E-state index in [0.29, 0.717) is 0 Å². The van der Waals surface area contributed by atoms with E-state index in [0.717, 1.165) is 11.3 Å². The van der Waals surface area contributed by atoms with Gasteiger partial charge in [0.2, 0.25) is 15.4 Å². The van der Waals surface area contributed by atoms with Crippen LogP contribution in [0.15, 0.2) is 4.34 Å². The number of carbonyl (C=O) groups excluding carboxylic acids is 1. The molecule has 0 fully saturated rings. The van der Waals surface area contributed by atoms with Gasteiger partial charge in [-0.1, -0.05) is 52.9 Å².